The van der Waals surface area contributed by atoms with Gasteiger partial charge in [-0.05, 0) is 48.7 Å². The molecule has 0 aliphatic rings. The first kappa shape index (κ1) is 21.1. The minimum Gasteiger partial charge on any atom is -0.334 e. The van der Waals surface area contributed by atoms with Crippen LogP contribution in [-0.2, 0) is 11.3 Å². The van der Waals surface area contributed by atoms with Crippen LogP contribution >= 0.6 is 0 Å². The molecule has 1 heterocycles. The van der Waals surface area contributed by atoms with Gasteiger partial charge in [0.05, 0.1) is 5.69 Å². The molecule has 3 rings (SSSR count). The molecule has 156 valence electrons. The Morgan fingerprint density at radius 2 is 1.67 bits per heavy atom. The van der Waals surface area contributed by atoms with Crippen molar-refractivity contribution < 1.29 is 9.59 Å². The molecule has 0 aliphatic carbocycles. The fourth-order valence-corrected chi connectivity index (χ4v) is 3.10. The normalized spacial score (nSPS) is 10.7. The van der Waals surface area contributed by atoms with Gasteiger partial charge >= 0.3 is 6.03 Å². The lowest BCUT2D eigenvalue weighted by atomic mass is 10.1. The van der Waals surface area contributed by atoms with Gasteiger partial charge in [0.2, 0.25) is 5.91 Å². The fourth-order valence-electron chi connectivity index (χ4n) is 3.10. The largest absolute Gasteiger partial charge is 0.334 e. The van der Waals surface area contributed by atoms with E-state index < -0.39 is 0 Å². The van der Waals surface area contributed by atoms with E-state index in [2.05, 4.69) is 20.9 Å². The highest BCUT2D eigenvalue weighted by atomic mass is 16.2. The number of rotatable bonds is 7. The second kappa shape index (κ2) is 9.73. The molecule has 0 unspecified atom stereocenters. The summed E-state index contributed by atoms with van der Waals surface area (Å²) in [6.45, 7) is 6.31. The maximum atomic E-state index is 12.3. The number of carbonyl (C=O) groups is 2. The summed E-state index contributed by atoms with van der Waals surface area (Å²) in [6, 6.07) is 14.6. The molecule has 3 amide bonds. The first-order valence-electron chi connectivity index (χ1n) is 9.95. The van der Waals surface area contributed by atoms with Crippen LogP contribution in [-0.4, -0.2) is 21.5 Å². The quantitative estimate of drug-likeness (QED) is 0.541. The Morgan fingerprint density at radius 3 is 2.30 bits per heavy atom. The molecule has 0 atom stereocenters. The van der Waals surface area contributed by atoms with Gasteiger partial charge in [-0.2, -0.15) is 0 Å². The lowest BCUT2D eigenvalue weighted by molar-refractivity contribution is -0.116. The van der Waals surface area contributed by atoms with Crippen LogP contribution in [0.1, 0.15) is 31.7 Å². The molecule has 3 N–H and O–H groups in total. The molecule has 0 fully saturated rings. The molecule has 3 aromatic rings. The Morgan fingerprint density at radius 1 is 1.00 bits per heavy atom. The molecule has 7 nitrogen and oxygen atoms in total. The van der Waals surface area contributed by atoms with E-state index in [-0.39, 0.29) is 11.9 Å². The van der Waals surface area contributed by atoms with Crippen LogP contribution in [0.3, 0.4) is 0 Å². The number of anilines is 2. The minimum absolute atomic E-state index is 0.0183. The zero-order valence-electron chi connectivity index (χ0n) is 17.5. The fraction of sp³-hybridized carbons (Fsp3) is 0.261. The summed E-state index contributed by atoms with van der Waals surface area (Å²) in [6.07, 6.45) is 4.12. The second-order valence-corrected chi connectivity index (χ2v) is 7.50. The second-order valence-electron chi connectivity index (χ2n) is 7.50. The highest BCUT2D eigenvalue weighted by molar-refractivity contribution is 5.92. The van der Waals surface area contributed by atoms with E-state index in [0.717, 1.165) is 17.1 Å². The van der Waals surface area contributed by atoms with Gasteiger partial charge in [0.1, 0.15) is 5.82 Å². The summed E-state index contributed by atoms with van der Waals surface area (Å²) in [5.74, 6) is 1.17. The van der Waals surface area contributed by atoms with Gasteiger partial charge in [-0.3, -0.25) is 4.79 Å². The molecule has 0 saturated heterocycles. The van der Waals surface area contributed by atoms with Crippen molar-refractivity contribution in [2.24, 2.45) is 5.92 Å². The van der Waals surface area contributed by atoms with E-state index in [4.69, 9.17) is 0 Å². The SMILES string of the molecule is Cc1nccn1-c1ccccc1CNC(=O)Nc1ccc(NC(=O)CC(C)C)cc1. The third kappa shape index (κ3) is 5.70. The Kier molecular flexibility index (Phi) is 6.85. The predicted octanol–water partition coefficient (Wildman–Crippen LogP) is 4.49. The van der Waals surface area contributed by atoms with E-state index in [0.29, 0.717) is 30.3 Å². The van der Waals surface area contributed by atoms with Crippen molar-refractivity contribution in [2.75, 3.05) is 10.6 Å². The van der Waals surface area contributed by atoms with Gasteiger partial charge in [-0.1, -0.05) is 32.0 Å². The number of aromatic nitrogens is 2. The van der Waals surface area contributed by atoms with Gasteiger partial charge in [-0.25, -0.2) is 9.78 Å². The summed E-state index contributed by atoms with van der Waals surface area (Å²) < 4.78 is 1.99. The van der Waals surface area contributed by atoms with E-state index >= 15 is 0 Å². The zero-order chi connectivity index (χ0) is 21.5. The van der Waals surface area contributed by atoms with Crippen molar-refractivity contribution in [3.63, 3.8) is 0 Å². The minimum atomic E-state index is -0.302. The number of benzene rings is 2. The number of aryl methyl sites for hydroxylation is 1. The van der Waals surface area contributed by atoms with E-state index in [9.17, 15) is 9.59 Å². The van der Waals surface area contributed by atoms with Crippen LogP contribution in [0.25, 0.3) is 5.69 Å². The monoisotopic (exact) mass is 405 g/mol. The number of carbonyl (C=O) groups excluding carboxylic acids is 2. The standard InChI is InChI=1S/C23H27N5O2/c1-16(2)14-22(29)26-19-8-10-20(11-9-19)27-23(30)25-15-18-6-4-5-7-21(18)28-13-12-24-17(28)3/h4-13,16H,14-15H2,1-3H3,(H,26,29)(H2,25,27,30). The highest BCUT2D eigenvalue weighted by Crippen LogP contribution is 2.17. The molecule has 30 heavy (non-hydrogen) atoms. The average molecular weight is 406 g/mol. The van der Waals surface area contributed by atoms with Crippen molar-refractivity contribution in [1.82, 2.24) is 14.9 Å². The maximum Gasteiger partial charge on any atom is 0.319 e. The highest BCUT2D eigenvalue weighted by Gasteiger charge is 2.09. The number of urea groups is 1. The van der Waals surface area contributed by atoms with Crippen molar-refractivity contribution in [2.45, 2.75) is 33.7 Å². The third-order valence-corrected chi connectivity index (χ3v) is 4.54. The molecule has 1 aromatic heterocycles. The van der Waals surface area contributed by atoms with Gasteiger partial charge in [0.15, 0.2) is 0 Å². The zero-order valence-corrected chi connectivity index (χ0v) is 17.5. The molecule has 0 saturated carbocycles. The molecular weight excluding hydrogens is 378 g/mol. The maximum absolute atomic E-state index is 12.3. The Labute approximate surface area is 176 Å². The Hall–Kier alpha value is -3.61. The van der Waals surface area contributed by atoms with Gasteiger partial charge < -0.3 is 20.5 Å². The number of amides is 3. The number of hydrogen-bond acceptors (Lipinski definition) is 3. The van der Waals surface area contributed by atoms with Gasteiger partial charge in [0.25, 0.3) is 0 Å². The molecule has 2 aromatic carbocycles. The van der Waals surface area contributed by atoms with E-state index in [1.165, 1.54) is 0 Å². The topological polar surface area (TPSA) is 88.1 Å². The summed E-state index contributed by atoms with van der Waals surface area (Å²) in [4.78, 5) is 28.4. The predicted molar refractivity (Wildman–Crippen MR) is 119 cm³/mol. The summed E-state index contributed by atoms with van der Waals surface area (Å²) >= 11 is 0. The molecule has 0 aliphatic heterocycles. The van der Waals surface area contributed by atoms with Gasteiger partial charge in [0, 0.05) is 36.7 Å². The van der Waals surface area contributed by atoms with Crippen molar-refractivity contribution in [3.8, 4) is 5.69 Å². The summed E-state index contributed by atoms with van der Waals surface area (Å²) in [5, 5.41) is 8.54. The van der Waals surface area contributed by atoms with Crippen LogP contribution in [0.2, 0.25) is 0 Å². The van der Waals surface area contributed by atoms with Crippen molar-refractivity contribution in [3.05, 3.63) is 72.3 Å². The molecule has 7 heteroatoms. The third-order valence-electron chi connectivity index (χ3n) is 4.54. The van der Waals surface area contributed by atoms with Crippen molar-refractivity contribution in [1.29, 1.82) is 0 Å². The van der Waals surface area contributed by atoms with Gasteiger partial charge in [-0.15, -0.1) is 0 Å². The molecule has 0 bridgehead atoms. The summed E-state index contributed by atoms with van der Waals surface area (Å²) in [7, 11) is 0. The first-order chi connectivity index (χ1) is 14.4. The Bertz CT molecular complexity index is 1010. The number of nitrogens with zero attached hydrogens (tertiary/aromatic N) is 2. The van der Waals surface area contributed by atoms with Crippen molar-refractivity contribution >= 4 is 23.3 Å². The number of imidazole rings is 1. The molecule has 0 spiro atoms. The van der Waals surface area contributed by atoms with Crippen LogP contribution in [0.4, 0.5) is 16.2 Å². The first-order valence-corrected chi connectivity index (χ1v) is 9.95. The molecule has 0 radical (unpaired) electrons. The lowest BCUT2D eigenvalue weighted by Gasteiger charge is -2.13. The number of para-hydroxylation sites is 1. The van der Waals surface area contributed by atoms with E-state index in [1.54, 1.807) is 30.5 Å². The van der Waals surface area contributed by atoms with Crippen LogP contribution < -0.4 is 16.0 Å². The van der Waals surface area contributed by atoms with Crippen LogP contribution in [0.15, 0.2) is 60.9 Å². The summed E-state index contributed by atoms with van der Waals surface area (Å²) in [5.41, 5.74) is 3.32. The van der Waals surface area contributed by atoms with Crippen LogP contribution in [0.5, 0.6) is 0 Å². The van der Waals surface area contributed by atoms with E-state index in [1.807, 2.05) is 55.8 Å². The lowest BCUT2D eigenvalue weighted by Crippen LogP contribution is -2.28. The smallest absolute Gasteiger partial charge is 0.319 e. The number of hydrogen-bond donors (Lipinski definition) is 3. The average Bonchev–Trinajstić information content (AvgIpc) is 3.13. The van der Waals surface area contributed by atoms with Crippen LogP contribution in [0, 0.1) is 12.8 Å². The number of nitrogens with one attached hydrogen (secondary N) is 3. The molecular formula is C23H27N5O2. The Balaban J connectivity index is 1.56.